The molecule has 0 radical (unpaired) electrons. The third-order valence-electron chi connectivity index (χ3n) is 11.3. The van der Waals surface area contributed by atoms with Crippen molar-refractivity contribution in [1.82, 2.24) is 0 Å². The Morgan fingerprint density at radius 3 is 2.23 bits per heavy atom. The number of carbonyl (C=O) groups excluding carboxylic acids is 2. The van der Waals surface area contributed by atoms with Crippen LogP contribution in [0.25, 0.3) is 0 Å². The Morgan fingerprint density at radius 1 is 0.979 bits per heavy atom. The highest BCUT2D eigenvalue weighted by atomic mass is 28.4. The summed E-state index contributed by atoms with van der Waals surface area (Å²) in [4.78, 5) is 27.3. The predicted molar refractivity (Wildman–Crippen MR) is 189 cm³/mol. The van der Waals surface area contributed by atoms with Crippen LogP contribution in [0.3, 0.4) is 0 Å². The van der Waals surface area contributed by atoms with Crippen LogP contribution in [0.15, 0.2) is 24.3 Å². The Kier molecular flexibility index (Phi) is 12.7. The Bertz CT molecular complexity index is 1130. The van der Waals surface area contributed by atoms with Crippen molar-refractivity contribution < 1.29 is 34.3 Å². The molecule has 4 aliphatic rings. The van der Waals surface area contributed by atoms with E-state index in [1.807, 2.05) is 6.08 Å². The van der Waals surface area contributed by atoms with Crippen LogP contribution in [0.5, 0.6) is 0 Å². The number of ether oxygens (including phenoxy) is 4. The molecule has 4 rings (SSSR count). The van der Waals surface area contributed by atoms with Gasteiger partial charge in [0.25, 0.3) is 8.32 Å². The fraction of sp³-hybridized carbons (Fsp3) is 0.846. The van der Waals surface area contributed by atoms with Crippen LogP contribution in [0.1, 0.15) is 139 Å². The van der Waals surface area contributed by atoms with Crippen LogP contribution >= 0.6 is 0 Å². The smallest absolute Gasteiger partial charge is 0.328 e. The van der Waals surface area contributed by atoms with Gasteiger partial charge in [0.2, 0.25) is 0 Å². The molecule has 2 unspecified atom stereocenters. The van der Waals surface area contributed by atoms with E-state index in [0.717, 1.165) is 64.2 Å². The second kappa shape index (κ2) is 16.1. The SMILES string of the molecule is [2H][C@@H](C=C[C@H]1CCC(=O)[C@@H]1CC=CC[C@]1(OC2CCCCO2)C[C@@]1(OC1CCCCO1)C(=O)O[Si](C)(C)C(C)(C)C)C(C)(C)CCCC. The zero-order valence-corrected chi connectivity index (χ0v) is 31.9. The van der Waals surface area contributed by atoms with Crippen LogP contribution in [0, 0.1) is 17.3 Å². The minimum absolute atomic E-state index is 0.0892. The molecule has 47 heavy (non-hydrogen) atoms. The van der Waals surface area contributed by atoms with E-state index in [2.05, 4.69) is 72.9 Å². The zero-order chi connectivity index (χ0) is 35.2. The summed E-state index contributed by atoms with van der Waals surface area (Å²) in [6.45, 7) is 18.3. The lowest BCUT2D eigenvalue weighted by Crippen LogP contribution is -2.51. The molecule has 268 valence electrons. The van der Waals surface area contributed by atoms with Gasteiger partial charge in [-0.2, -0.15) is 0 Å². The fourth-order valence-electron chi connectivity index (χ4n) is 6.95. The first-order chi connectivity index (χ1) is 22.6. The molecule has 2 heterocycles. The molecule has 0 amide bonds. The minimum Gasteiger partial charge on any atom is -0.517 e. The van der Waals surface area contributed by atoms with Crippen LogP contribution < -0.4 is 0 Å². The molecule has 0 N–H and O–H groups in total. The van der Waals surface area contributed by atoms with E-state index < -0.39 is 32.1 Å². The van der Waals surface area contributed by atoms with Crippen molar-refractivity contribution in [3.8, 4) is 0 Å². The Hall–Kier alpha value is -1.32. The van der Waals surface area contributed by atoms with Crippen molar-refractivity contribution in [1.29, 1.82) is 0 Å². The van der Waals surface area contributed by atoms with E-state index in [-0.39, 0.29) is 34.7 Å². The number of allylic oxidation sites excluding steroid dienone is 3. The number of ketones is 1. The average molecular weight is 676 g/mol. The maximum atomic E-state index is 14.3. The van der Waals surface area contributed by atoms with E-state index in [1.165, 1.54) is 0 Å². The van der Waals surface area contributed by atoms with Gasteiger partial charge < -0.3 is 23.4 Å². The quantitative estimate of drug-likeness (QED) is 0.119. The van der Waals surface area contributed by atoms with Crippen molar-refractivity contribution >= 4 is 20.1 Å². The van der Waals surface area contributed by atoms with Gasteiger partial charge in [-0.15, -0.1) is 0 Å². The highest BCUT2D eigenvalue weighted by Crippen LogP contribution is 2.60. The van der Waals surface area contributed by atoms with Crippen molar-refractivity contribution in [2.24, 2.45) is 17.3 Å². The van der Waals surface area contributed by atoms with Crippen LogP contribution in [0.4, 0.5) is 0 Å². The van der Waals surface area contributed by atoms with Crippen LogP contribution in [0.2, 0.25) is 18.1 Å². The molecule has 0 aromatic rings. The second-order valence-electron chi connectivity index (χ2n) is 16.8. The Balaban J connectivity index is 1.52. The van der Waals surface area contributed by atoms with Crippen molar-refractivity contribution in [3.63, 3.8) is 0 Å². The largest absolute Gasteiger partial charge is 0.517 e. The molecule has 8 heteroatoms. The molecule has 2 saturated heterocycles. The zero-order valence-electron chi connectivity index (χ0n) is 31.9. The van der Waals surface area contributed by atoms with Gasteiger partial charge in [0.05, 0.1) is 0 Å². The Labute approximate surface area is 288 Å². The summed E-state index contributed by atoms with van der Waals surface area (Å²) in [5.74, 6) is -0.0137. The van der Waals surface area contributed by atoms with Gasteiger partial charge in [-0.3, -0.25) is 9.59 Å². The lowest BCUT2D eigenvalue weighted by atomic mass is 9.83. The van der Waals surface area contributed by atoms with E-state index in [0.29, 0.717) is 44.7 Å². The molecule has 0 spiro atoms. The van der Waals surface area contributed by atoms with Gasteiger partial charge in [0, 0.05) is 33.3 Å². The van der Waals surface area contributed by atoms with Gasteiger partial charge in [-0.25, -0.2) is 0 Å². The summed E-state index contributed by atoms with van der Waals surface area (Å²) in [5.41, 5.74) is -2.31. The molecule has 2 aliphatic carbocycles. The molecule has 2 aliphatic heterocycles. The topological polar surface area (TPSA) is 80.3 Å². The molecule has 7 atom stereocenters. The first-order valence-corrected chi connectivity index (χ1v) is 21.6. The first-order valence-electron chi connectivity index (χ1n) is 19.2. The lowest BCUT2D eigenvalue weighted by Gasteiger charge is -2.38. The average Bonchev–Trinajstić information content (AvgIpc) is 3.51. The molecular weight excluding hydrogens is 609 g/mol. The summed E-state index contributed by atoms with van der Waals surface area (Å²) >= 11 is 0. The van der Waals surface area contributed by atoms with E-state index in [9.17, 15) is 9.59 Å². The highest BCUT2D eigenvalue weighted by Gasteiger charge is 2.77. The first kappa shape index (κ1) is 36.9. The summed E-state index contributed by atoms with van der Waals surface area (Å²) in [7, 11) is -2.46. The number of carbonyl (C=O) groups is 2. The Morgan fingerprint density at radius 2 is 1.64 bits per heavy atom. The van der Waals surface area contributed by atoms with Crippen molar-refractivity contribution in [3.05, 3.63) is 24.3 Å². The van der Waals surface area contributed by atoms with Crippen LogP contribution in [-0.4, -0.2) is 57.1 Å². The summed E-state index contributed by atoms with van der Waals surface area (Å²) < 4.78 is 40.7. The summed E-state index contributed by atoms with van der Waals surface area (Å²) in [6, 6.07) is 0. The molecule has 0 bridgehead atoms. The number of Topliss-reactive ketones (excluding diaryl/α,β-unsaturated/α-hetero) is 1. The highest BCUT2D eigenvalue weighted by molar-refractivity contribution is 6.75. The second-order valence-corrected chi connectivity index (χ2v) is 21.5. The fourth-order valence-corrected chi connectivity index (χ4v) is 7.88. The lowest BCUT2D eigenvalue weighted by molar-refractivity contribution is -0.248. The molecule has 4 fully saturated rings. The summed E-state index contributed by atoms with van der Waals surface area (Å²) in [6.07, 6.45) is 18.8. The van der Waals surface area contributed by atoms with Gasteiger partial charge >= 0.3 is 5.97 Å². The molecule has 0 aromatic heterocycles. The van der Waals surface area contributed by atoms with E-state index in [1.54, 1.807) is 0 Å². The van der Waals surface area contributed by atoms with Crippen molar-refractivity contribution in [2.75, 3.05) is 13.2 Å². The summed E-state index contributed by atoms with van der Waals surface area (Å²) in [5, 5.41) is -0.153. The maximum absolute atomic E-state index is 14.3. The maximum Gasteiger partial charge on any atom is 0.328 e. The van der Waals surface area contributed by atoms with Gasteiger partial charge in [-0.1, -0.05) is 78.7 Å². The number of rotatable bonds is 16. The van der Waals surface area contributed by atoms with Crippen LogP contribution in [-0.2, 0) is 33.0 Å². The molecule has 2 saturated carbocycles. The number of hydrogen-bond donors (Lipinski definition) is 0. The van der Waals surface area contributed by atoms with Gasteiger partial charge in [-0.05, 0) is 100 Å². The minimum atomic E-state index is -2.46. The van der Waals surface area contributed by atoms with E-state index in [4.69, 9.17) is 24.7 Å². The molecular formula is C39H66O7Si. The number of hydrogen-bond acceptors (Lipinski definition) is 7. The van der Waals surface area contributed by atoms with Gasteiger partial charge in [0.1, 0.15) is 11.4 Å². The monoisotopic (exact) mass is 675 g/mol. The van der Waals surface area contributed by atoms with Gasteiger partial charge in [0.15, 0.2) is 18.2 Å². The standard InChI is InChI=1S/C39H66O7Si/c1-9-10-24-37(5,6)25-17-18-30-22-23-32(40)31(30)19-11-14-26-38(44-33-20-12-15-27-42-33)29-39(38,45-34-21-13-16-28-43-34)35(41)46-47(7,8)36(2,3)4/h11,14,17-18,30-31,33-34H,9-10,12-13,15-16,19-29H2,1-8H3/t30-,31+,33?,34?,38-,39+/m0/s1/i25D/t25-,30-,31+,33?,34?,38-,39+. The third-order valence-corrected chi connectivity index (χ3v) is 15.6. The normalized spacial score (nSPS) is 33.4. The third kappa shape index (κ3) is 9.90. The molecule has 7 nitrogen and oxygen atoms in total. The molecule has 0 aromatic carbocycles. The predicted octanol–water partition coefficient (Wildman–Crippen LogP) is 9.60. The van der Waals surface area contributed by atoms with Crippen molar-refractivity contribution in [2.45, 2.75) is 180 Å². The van der Waals surface area contributed by atoms with E-state index >= 15 is 0 Å². The number of unbranched alkanes of at least 4 members (excludes halogenated alkanes) is 1.